The standard InChI is InChI=1S/C12H15N3O/c1-3-12-13-4-5-15(12)11-6-9(2)14-7-10(11)8-16/h4-7,16H,3,8H2,1-2H3. The maximum atomic E-state index is 9.30. The van der Waals surface area contributed by atoms with Crippen molar-refractivity contribution in [3.8, 4) is 5.69 Å². The first-order valence-corrected chi connectivity index (χ1v) is 5.35. The smallest absolute Gasteiger partial charge is 0.112 e. The molecule has 2 aromatic rings. The summed E-state index contributed by atoms with van der Waals surface area (Å²) in [5, 5.41) is 9.30. The van der Waals surface area contributed by atoms with Crippen molar-refractivity contribution < 1.29 is 5.11 Å². The summed E-state index contributed by atoms with van der Waals surface area (Å²) in [5.74, 6) is 0.986. The number of aliphatic hydroxyl groups excluding tert-OH is 1. The van der Waals surface area contributed by atoms with Crippen LogP contribution in [-0.2, 0) is 13.0 Å². The second-order valence-corrected chi connectivity index (χ2v) is 3.68. The molecular weight excluding hydrogens is 202 g/mol. The molecule has 2 rings (SSSR count). The molecule has 0 saturated heterocycles. The van der Waals surface area contributed by atoms with Crippen LogP contribution in [0.5, 0.6) is 0 Å². The van der Waals surface area contributed by atoms with E-state index in [1.54, 1.807) is 12.4 Å². The van der Waals surface area contributed by atoms with E-state index < -0.39 is 0 Å². The van der Waals surface area contributed by atoms with E-state index in [1.165, 1.54) is 0 Å². The zero-order valence-corrected chi connectivity index (χ0v) is 9.51. The Morgan fingerprint density at radius 3 is 2.88 bits per heavy atom. The Bertz CT molecular complexity index is 491. The van der Waals surface area contributed by atoms with Crippen molar-refractivity contribution in [2.24, 2.45) is 0 Å². The van der Waals surface area contributed by atoms with Crippen molar-refractivity contribution in [3.63, 3.8) is 0 Å². The van der Waals surface area contributed by atoms with Crippen LogP contribution in [0.2, 0.25) is 0 Å². The van der Waals surface area contributed by atoms with Crippen molar-refractivity contribution >= 4 is 0 Å². The molecule has 0 amide bonds. The van der Waals surface area contributed by atoms with Crippen LogP contribution in [0.25, 0.3) is 5.69 Å². The van der Waals surface area contributed by atoms with Crippen LogP contribution in [-0.4, -0.2) is 19.6 Å². The molecule has 0 radical (unpaired) electrons. The van der Waals surface area contributed by atoms with E-state index >= 15 is 0 Å². The average Bonchev–Trinajstić information content (AvgIpc) is 2.76. The predicted molar refractivity (Wildman–Crippen MR) is 61.4 cm³/mol. The summed E-state index contributed by atoms with van der Waals surface area (Å²) in [6.07, 6.45) is 6.26. The minimum Gasteiger partial charge on any atom is -0.392 e. The lowest BCUT2D eigenvalue weighted by Gasteiger charge is -2.11. The molecular formula is C12H15N3O. The van der Waals surface area contributed by atoms with E-state index in [4.69, 9.17) is 0 Å². The number of pyridine rings is 1. The molecule has 0 atom stereocenters. The SMILES string of the molecule is CCc1nccn1-c1cc(C)ncc1CO. The Hall–Kier alpha value is -1.68. The van der Waals surface area contributed by atoms with Gasteiger partial charge in [0.25, 0.3) is 0 Å². The Labute approximate surface area is 94.6 Å². The summed E-state index contributed by atoms with van der Waals surface area (Å²) in [5.41, 5.74) is 2.71. The Morgan fingerprint density at radius 2 is 2.19 bits per heavy atom. The lowest BCUT2D eigenvalue weighted by molar-refractivity contribution is 0.281. The summed E-state index contributed by atoms with van der Waals surface area (Å²) >= 11 is 0. The van der Waals surface area contributed by atoms with Gasteiger partial charge in [0.2, 0.25) is 0 Å². The van der Waals surface area contributed by atoms with Crippen LogP contribution in [0.3, 0.4) is 0 Å². The molecule has 16 heavy (non-hydrogen) atoms. The molecule has 0 spiro atoms. The van der Waals surface area contributed by atoms with Gasteiger partial charge in [0.15, 0.2) is 0 Å². The van der Waals surface area contributed by atoms with Gasteiger partial charge in [0.1, 0.15) is 5.82 Å². The van der Waals surface area contributed by atoms with Crippen molar-refractivity contribution in [2.45, 2.75) is 26.9 Å². The molecule has 0 aromatic carbocycles. The molecule has 4 nitrogen and oxygen atoms in total. The molecule has 2 heterocycles. The lowest BCUT2D eigenvalue weighted by atomic mass is 10.2. The van der Waals surface area contributed by atoms with Gasteiger partial charge in [0.05, 0.1) is 12.3 Å². The highest BCUT2D eigenvalue weighted by Crippen LogP contribution is 2.17. The summed E-state index contributed by atoms with van der Waals surface area (Å²) in [4.78, 5) is 8.46. The Balaban J connectivity index is 2.58. The van der Waals surface area contributed by atoms with Crippen molar-refractivity contribution in [2.75, 3.05) is 0 Å². The first-order valence-electron chi connectivity index (χ1n) is 5.35. The Kier molecular flexibility index (Phi) is 3.01. The van der Waals surface area contributed by atoms with Crippen molar-refractivity contribution in [1.82, 2.24) is 14.5 Å². The molecule has 1 N–H and O–H groups in total. The van der Waals surface area contributed by atoms with Gasteiger partial charge in [0, 0.05) is 36.3 Å². The fraction of sp³-hybridized carbons (Fsp3) is 0.333. The van der Waals surface area contributed by atoms with Crippen LogP contribution >= 0.6 is 0 Å². The molecule has 0 aliphatic rings. The summed E-state index contributed by atoms with van der Waals surface area (Å²) in [6.45, 7) is 3.99. The van der Waals surface area contributed by atoms with Crippen LogP contribution in [0.15, 0.2) is 24.7 Å². The zero-order valence-electron chi connectivity index (χ0n) is 9.51. The second kappa shape index (κ2) is 4.45. The van der Waals surface area contributed by atoms with Gasteiger partial charge < -0.3 is 9.67 Å². The topological polar surface area (TPSA) is 50.9 Å². The van der Waals surface area contributed by atoms with E-state index in [2.05, 4.69) is 16.9 Å². The van der Waals surface area contributed by atoms with Gasteiger partial charge >= 0.3 is 0 Å². The van der Waals surface area contributed by atoms with E-state index in [0.717, 1.165) is 29.2 Å². The lowest BCUT2D eigenvalue weighted by Crippen LogP contribution is -2.04. The highest BCUT2D eigenvalue weighted by atomic mass is 16.3. The number of hydrogen-bond donors (Lipinski definition) is 1. The maximum Gasteiger partial charge on any atom is 0.112 e. The van der Waals surface area contributed by atoms with E-state index in [-0.39, 0.29) is 6.61 Å². The molecule has 0 aliphatic carbocycles. The van der Waals surface area contributed by atoms with E-state index in [0.29, 0.717) is 0 Å². The van der Waals surface area contributed by atoms with E-state index in [9.17, 15) is 5.11 Å². The molecule has 4 heteroatoms. The van der Waals surface area contributed by atoms with Gasteiger partial charge in [-0.25, -0.2) is 4.98 Å². The fourth-order valence-corrected chi connectivity index (χ4v) is 1.74. The molecule has 2 aromatic heterocycles. The number of aryl methyl sites for hydroxylation is 2. The van der Waals surface area contributed by atoms with Crippen molar-refractivity contribution in [3.05, 3.63) is 41.7 Å². The minimum absolute atomic E-state index is 0.00997. The van der Waals surface area contributed by atoms with Gasteiger partial charge in [-0.05, 0) is 13.0 Å². The quantitative estimate of drug-likeness (QED) is 0.850. The van der Waals surface area contributed by atoms with Gasteiger partial charge in [-0.1, -0.05) is 6.92 Å². The van der Waals surface area contributed by atoms with Crippen molar-refractivity contribution in [1.29, 1.82) is 0 Å². The molecule has 0 saturated carbocycles. The molecule has 84 valence electrons. The number of hydrogen-bond acceptors (Lipinski definition) is 3. The summed E-state index contributed by atoms with van der Waals surface area (Å²) < 4.78 is 2.00. The normalized spacial score (nSPS) is 10.7. The average molecular weight is 217 g/mol. The molecule has 0 unspecified atom stereocenters. The first-order chi connectivity index (χ1) is 7.76. The van der Waals surface area contributed by atoms with Gasteiger partial charge in [-0.3, -0.25) is 4.98 Å². The zero-order chi connectivity index (χ0) is 11.5. The minimum atomic E-state index is -0.00997. The third-order valence-electron chi connectivity index (χ3n) is 2.56. The van der Waals surface area contributed by atoms with Gasteiger partial charge in [-0.15, -0.1) is 0 Å². The van der Waals surface area contributed by atoms with Gasteiger partial charge in [-0.2, -0.15) is 0 Å². The monoisotopic (exact) mass is 217 g/mol. The fourth-order valence-electron chi connectivity index (χ4n) is 1.74. The number of rotatable bonds is 3. The second-order valence-electron chi connectivity index (χ2n) is 3.68. The number of aromatic nitrogens is 3. The maximum absolute atomic E-state index is 9.30. The summed E-state index contributed by atoms with van der Waals surface area (Å²) in [7, 11) is 0. The highest BCUT2D eigenvalue weighted by molar-refractivity contribution is 5.41. The van der Waals surface area contributed by atoms with Crippen LogP contribution in [0.4, 0.5) is 0 Å². The molecule has 0 bridgehead atoms. The van der Waals surface area contributed by atoms with Crippen LogP contribution in [0, 0.1) is 6.92 Å². The summed E-state index contributed by atoms with van der Waals surface area (Å²) in [6, 6.07) is 1.96. The third-order valence-corrected chi connectivity index (χ3v) is 2.56. The number of aliphatic hydroxyl groups is 1. The van der Waals surface area contributed by atoms with Crippen LogP contribution < -0.4 is 0 Å². The molecule has 0 aliphatic heterocycles. The number of imidazole rings is 1. The van der Waals surface area contributed by atoms with E-state index in [1.807, 2.05) is 23.8 Å². The Morgan fingerprint density at radius 1 is 1.38 bits per heavy atom. The largest absolute Gasteiger partial charge is 0.392 e. The first kappa shape index (κ1) is 10.8. The third kappa shape index (κ3) is 1.84. The van der Waals surface area contributed by atoms with Crippen LogP contribution in [0.1, 0.15) is 24.0 Å². The predicted octanol–water partition coefficient (Wildman–Crippen LogP) is 1.63. The number of nitrogens with zero attached hydrogens (tertiary/aromatic N) is 3. The molecule has 0 fully saturated rings. The highest BCUT2D eigenvalue weighted by Gasteiger charge is 2.08.